The third-order valence-corrected chi connectivity index (χ3v) is 2.75. The lowest BCUT2D eigenvalue weighted by Crippen LogP contribution is -2.45. The number of hydrogen-bond donors (Lipinski definition) is 3. The summed E-state index contributed by atoms with van der Waals surface area (Å²) in [5, 5.41) is 11.1. The van der Waals surface area contributed by atoms with Gasteiger partial charge in [0.1, 0.15) is 6.04 Å². The molecule has 1 aliphatic carbocycles. The van der Waals surface area contributed by atoms with Crippen LogP contribution in [-0.4, -0.2) is 28.9 Å². The first-order chi connectivity index (χ1) is 7.50. The summed E-state index contributed by atoms with van der Waals surface area (Å²) in [4.78, 5) is 33.0. The highest BCUT2D eigenvalue weighted by Gasteiger charge is 2.28. The number of primary amides is 1. The fourth-order valence-corrected chi connectivity index (χ4v) is 1.88. The largest absolute Gasteiger partial charge is 0.480 e. The van der Waals surface area contributed by atoms with Crippen molar-refractivity contribution in [2.24, 2.45) is 11.7 Å². The molecule has 4 N–H and O–H groups in total. The summed E-state index contributed by atoms with van der Waals surface area (Å²) in [5.74, 6) is -2.37. The summed E-state index contributed by atoms with van der Waals surface area (Å²) in [6.07, 6.45) is 3.19. The number of aliphatic carboxylic acids is 1. The van der Waals surface area contributed by atoms with Crippen molar-refractivity contribution < 1.29 is 19.5 Å². The van der Waals surface area contributed by atoms with Crippen molar-refractivity contribution in [1.82, 2.24) is 5.32 Å². The van der Waals surface area contributed by atoms with Crippen LogP contribution >= 0.6 is 0 Å². The van der Waals surface area contributed by atoms with Gasteiger partial charge in [0.2, 0.25) is 11.8 Å². The summed E-state index contributed by atoms with van der Waals surface area (Å²) >= 11 is 0. The highest BCUT2D eigenvalue weighted by molar-refractivity contribution is 5.88. The van der Waals surface area contributed by atoms with Crippen LogP contribution < -0.4 is 11.1 Å². The molecule has 0 unspecified atom stereocenters. The SMILES string of the molecule is NC(=O)C[C@@H](NC(=O)C1CCCC1)C(=O)O. The van der Waals surface area contributed by atoms with E-state index >= 15 is 0 Å². The van der Waals surface area contributed by atoms with E-state index in [1.54, 1.807) is 0 Å². The number of hydrogen-bond acceptors (Lipinski definition) is 3. The topological polar surface area (TPSA) is 109 Å². The van der Waals surface area contributed by atoms with Crippen LogP contribution in [0.1, 0.15) is 32.1 Å². The Morgan fingerprint density at radius 2 is 1.88 bits per heavy atom. The molecular weight excluding hydrogens is 212 g/mol. The van der Waals surface area contributed by atoms with Crippen molar-refractivity contribution >= 4 is 17.8 Å². The molecule has 90 valence electrons. The molecule has 0 aromatic heterocycles. The molecule has 0 heterocycles. The van der Waals surface area contributed by atoms with Crippen LogP contribution in [0.4, 0.5) is 0 Å². The van der Waals surface area contributed by atoms with Gasteiger partial charge in [0.25, 0.3) is 0 Å². The Bertz CT molecular complexity index is 297. The van der Waals surface area contributed by atoms with Crippen LogP contribution in [0.5, 0.6) is 0 Å². The molecule has 2 amide bonds. The zero-order valence-electron chi connectivity index (χ0n) is 8.94. The van der Waals surface area contributed by atoms with Gasteiger partial charge in [0.05, 0.1) is 6.42 Å². The minimum Gasteiger partial charge on any atom is -0.480 e. The van der Waals surface area contributed by atoms with E-state index in [0.29, 0.717) is 0 Å². The summed E-state index contributed by atoms with van der Waals surface area (Å²) in [7, 11) is 0. The maximum absolute atomic E-state index is 11.6. The number of carboxylic acid groups (broad SMARTS) is 1. The van der Waals surface area contributed by atoms with E-state index in [9.17, 15) is 14.4 Å². The van der Waals surface area contributed by atoms with Crippen molar-refractivity contribution in [3.8, 4) is 0 Å². The third kappa shape index (κ3) is 3.52. The van der Waals surface area contributed by atoms with E-state index in [0.717, 1.165) is 25.7 Å². The first-order valence-corrected chi connectivity index (χ1v) is 5.32. The van der Waals surface area contributed by atoms with E-state index < -0.39 is 17.9 Å². The van der Waals surface area contributed by atoms with Gasteiger partial charge in [0, 0.05) is 5.92 Å². The summed E-state index contributed by atoms with van der Waals surface area (Å²) < 4.78 is 0. The second-order valence-corrected chi connectivity index (χ2v) is 4.05. The van der Waals surface area contributed by atoms with Crippen molar-refractivity contribution in [1.29, 1.82) is 0 Å². The Labute approximate surface area is 93.2 Å². The zero-order valence-corrected chi connectivity index (χ0v) is 8.94. The molecule has 1 saturated carbocycles. The number of carboxylic acids is 1. The molecule has 1 fully saturated rings. The maximum Gasteiger partial charge on any atom is 0.326 e. The van der Waals surface area contributed by atoms with E-state index in [4.69, 9.17) is 10.8 Å². The van der Waals surface area contributed by atoms with Gasteiger partial charge in [-0.25, -0.2) is 4.79 Å². The molecule has 0 spiro atoms. The van der Waals surface area contributed by atoms with Crippen LogP contribution in [-0.2, 0) is 14.4 Å². The Kier molecular flexibility index (Phi) is 4.28. The first kappa shape index (κ1) is 12.5. The van der Waals surface area contributed by atoms with Crippen LogP contribution in [0.25, 0.3) is 0 Å². The van der Waals surface area contributed by atoms with Crippen molar-refractivity contribution in [3.05, 3.63) is 0 Å². The average molecular weight is 228 g/mol. The molecule has 0 bridgehead atoms. The van der Waals surface area contributed by atoms with Gasteiger partial charge in [-0.2, -0.15) is 0 Å². The minimum absolute atomic E-state index is 0.116. The molecule has 1 aliphatic rings. The number of nitrogens with one attached hydrogen (secondary N) is 1. The number of rotatable bonds is 5. The normalized spacial score (nSPS) is 18.0. The fourth-order valence-electron chi connectivity index (χ4n) is 1.88. The molecule has 6 heteroatoms. The van der Waals surface area contributed by atoms with Gasteiger partial charge in [-0.3, -0.25) is 9.59 Å². The van der Waals surface area contributed by atoms with Crippen molar-refractivity contribution in [2.75, 3.05) is 0 Å². The smallest absolute Gasteiger partial charge is 0.326 e. The lowest BCUT2D eigenvalue weighted by molar-refractivity contribution is -0.143. The lowest BCUT2D eigenvalue weighted by atomic mass is 10.1. The maximum atomic E-state index is 11.6. The monoisotopic (exact) mass is 228 g/mol. The molecule has 0 aromatic rings. The molecule has 0 aromatic carbocycles. The van der Waals surface area contributed by atoms with Gasteiger partial charge in [-0.05, 0) is 12.8 Å². The van der Waals surface area contributed by atoms with E-state index in [1.807, 2.05) is 0 Å². The highest BCUT2D eigenvalue weighted by atomic mass is 16.4. The Balaban J connectivity index is 2.50. The van der Waals surface area contributed by atoms with Gasteiger partial charge >= 0.3 is 5.97 Å². The highest BCUT2D eigenvalue weighted by Crippen LogP contribution is 2.24. The van der Waals surface area contributed by atoms with Crippen LogP contribution in [0, 0.1) is 5.92 Å². The average Bonchev–Trinajstić information content (AvgIpc) is 2.68. The molecule has 0 saturated heterocycles. The molecule has 1 rings (SSSR count). The number of carbonyl (C=O) groups is 3. The van der Waals surface area contributed by atoms with Gasteiger partial charge < -0.3 is 16.2 Å². The fraction of sp³-hybridized carbons (Fsp3) is 0.700. The summed E-state index contributed by atoms with van der Waals surface area (Å²) in [5.41, 5.74) is 4.91. The minimum atomic E-state index is -1.23. The third-order valence-electron chi connectivity index (χ3n) is 2.75. The van der Waals surface area contributed by atoms with Crippen molar-refractivity contribution in [3.63, 3.8) is 0 Å². The lowest BCUT2D eigenvalue weighted by Gasteiger charge is -2.15. The second-order valence-electron chi connectivity index (χ2n) is 4.05. The van der Waals surface area contributed by atoms with Gasteiger partial charge in [-0.15, -0.1) is 0 Å². The number of amides is 2. The molecule has 0 radical (unpaired) electrons. The Morgan fingerprint density at radius 1 is 1.31 bits per heavy atom. The predicted molar refractivity (Wildman–Crippen MR) is 55.3 cm³/mol. The van der Waals surface area contributed by atoms with Gasteiger partial charge in [-0.1, -0.05) is 12.8 Å². The van der Waals surface area contributed by atoms with Crippen LogP contribution in [0.15, 0.2) is 0 Å². The Morgan fingerprint density at radius 3 is 2.31 bits per heavy atom. The molecule has 6 nitrogen and oxygen atoms in total. The molecule has 0 aliphatic heterocycles. The summed E-state index contributed by atoms with van der Waals surface area (Å²) in [6, 6.07) is -1.20. The zero-order chi connectivity index (χ0) is 12.1. The predicted octanol–water partition coefficient (Wildman–Crippen LogP) is -0.379. The molecule has 16 heavy (non-hydrogen) atoms. The number of carbonyl (C=O) groups excluding carboxylic acids is 2. The molecule has 1 atom stereocenters. The van der Waals surface area contributed by atoms with E-state index in [-0.39, 0.29) is 18.2 Å². The first-order valence-electron chi connectivity index (χ1n) is 5.32. The van der Waals surface area contributed by atoms with E-state index in [1.165, 1.54) is 0 Å². The van der Waals surface area contributed by atoms with Crippen LogP contribution in [0.2, 0.25) is 0 Å². The second kappa shape index (κ2) is 5.48. The standard InChI is InChI=1S/C10H16N2O4/c11-8(13)5-7(10(15)16)12-9(14)6-3-1-2-4-6/h6-7H,1-5H2,(H2,11,13)(H,12,14)(H,15,16)/t7-/m1/s1. The van der Waals surface area contributed by atoms with Gasteiger partial charge in [0.15, 0.2) is 0 Å². The quantitative estimate of drug-likeness (QED) is 0.595. The van der Waals surface area contributed by atoms with Crippen molar-refractivity contribution in [2.45, 2.75) is 38.1 Å². The van der Waals surface area contributed by atoms with Crippen LogP contribution in [0.3, 0.4) is 0 Å². The Hall–Kier alpha value is -1.59. The van der Waals surface area contributed by atoms with E-state index in [2.05, 4.69) is 5.32 Å². The summed E-state index contributed by atoms with van der Waals surface area (Å²) in [6.45, 7) is 0. The number of nitrogens with two attached hydrogens (primary N) is 1. The molecular formula is C10H16N2O4.